The van der Waals surface area contributed by atoms with E-state index in [4.69, 9.17) is 4.74 Å². The van der Waals surface area contributed by atoms with E-state index in [0.717, 1.165) is 19.4 Å². The Bertz CT molecular complexity index is 820. The zero-order valence-corrected chi connectivity index (χ0v) is 15.8. The quantitative estimate of drug-likeness (QED) is 0.768. The van der Waals surface area contributed by atoms with Crippen LogP contribution in [0.3, 0.4) is 0 Å². The third-order valence-corrected chi connectivity index (χ3v) is 4.50. The van der Waals surface area contributed by atoms with Gasteiger partial charge in [0.25, 0.3) is 5.91 Å². The molecule has 7 heteroatoms. The van der Waals surface area contributed by atoms with Gasteiger partial charge in [-0.15, -0.1) is 0 Å². The Morgan fingerprint density at radius 2 is 1.89 bits per heavy atom. The monoisotopic (exact) mass is 385 g/mol. The minimum absolute atomic E-state index is 0.173. The fraction of sp³-hybridized carbons (Fsp3) is 0.333. The number of halogens is 1. The smallest absolute Gasteiger partial charge is 0.257 e. The Kier molecular flexibility index (Phi) is 6.73. The number of likely N-dealkylation sites (N-methyl/N-ethyl adjacent to an activating group) is 1. The van der Waals surface area contributed by atoms with Gasteiger partial charge in [0.1, 0.15) is 5.82 Å². The maximum atomic E-state index is 13.0. The minimum atomic E-state index is -0.379. The normalized spacial score (nSPS) is 16.2. The lowest BCUT2D eigenvalue weighted by molar-refractivity contribution is -0.117. The van der Waals surface area contributed by atoms with E-state index in [0.29, 0.717) is 23.5 Å². The van der Waals surface area contributed by atoms with E-state index in [1.165, 1.54) is 24.3 Å². The molecule has 2 amide bonds. The van der Waals surface area contributed by atoms with Crippen LogP contribution in [-0.4, -0.2) is 49.6 Å². The highest BCUT2D eigenvalue weighted by atomic mass is 19.1. The zero-order valence-electron chi connectivity index (χ0n) is 15.8. The number of rotatable bonds is 7. The van der Waals surface area contributed by atoms with Crippen molar-refractivity contribution in [3.05, 3.63) is 59.9 Å². The molecule has 3 rings (SSSR count). The van der Waals surface area contributed by atoms with Gasteiger partial charge in [-0.2, -0.15) is 0 Å². The van der Waals surface area contributed by atoms with Crippen molar-refractivity contribution >= 4 is 23.2 Å². The highest BCUT2D eigenvalue weighted by Crippen LogP contribution is 2.18. The van der Waals surface area contributed by atoms with E-state index in [1.807, 2.05) is 11.9 Å². The van der Waals surface area contributed by atoms with Crippen molar-refractivity contribution in [2.75, 3.05) is 37.4 Å². The number of ether oxygens (including phenoxy) is 1. The van der Waals surface area contributed by atoms with Crippen molar-refractivity contribution in [1.29, 1.82) is 0 Å². The first-order valence-electron chi connectivity index (χ1n) is 9.27. The summed E-state index contributed by atoms with van der Waals surface area (Å²) in [7, 11) is 1.87. The molecule has 2 aromatic carbocycles. The molecule has 1 fully saturated rings. The molecule has 28 heavy (non-hydrogen) atoms. The fourth-order valence-electron chi connectivity index (χ4n) is 3.16. The largest absolute Gasteiger partial charge is 0.377 e. The van der Waals surface area contributed by atoms with Crippen molar-refractivity contribution in [2.24, 2.45) is 0 Å². The second-order valence-corrected chi connectivity index (χ2v) is 6.89. The van der Waals surface area contributed by atoms with E-state index >= 15 is 0 Å². The lowest BCUT2D eigenvalue weighted by Crippen LogP contribution is -2.35. The van der Waals surface area contributed by atoms with Crippen LogP contribution in [0.2, 0.25) is 0 Å². The highest BCUT2D eigenvalue weighted by Gasteiger charge is 2.19. The summed E-state index contributed by atoms with van der Waals surface area (Å²) in [5.74, 6) is -0.962. The molecule has 0 saturated carbocycles. The average molecular weight is 385 g/mol. The summed E-state index contributed by atoms with van der Waals surface area (Å²) in [4.78, 5) is 26.9. The summed E-state index contributed by atoms with van der Waals surface area (Å²) >= 11 is 0. The molecule has 1 aliphatic rings. The van der Waals surface area contributed by atoms with E-state index in [-0.39, 0.29) is 30.3 Å². The Morgan fingerprint density at radius 3 is 2.61 bits per heavy atom. The Labute approximate surface area is 163 Å². The maximum Gasteiger partial charge on any atom is 0.257 e. The van der Waals surface area contributed by atoms with Crippen LogP contribution in [0.5, 0.6) is 0 Å². The van der Waals surface area contributed by atoms with Gasteiger partial charge in [0, 0.05) is 18.8 Å². The molecular weight excluding hydrogens is 361 g/mol. The van der Waals surface area contributed by atoms with Crippen LogP contribution in [0.4, 0.5) is 15.8 Å². The van der Waals surface area contributed by atoms with Crippen LogP contribution in [-0.2, 0) is 9.53 Å². The second kappa shape index (κ2) is 9.43. The van der Waals surface area contributed by atoms with Crippen LogP contribution in [0, 0.1) is 5.82 Å². The van der Waals surface area contributed by atoms with Gasteiger partial charge in [0.05, 0.1) is 23.9 Å². The predicted octanol–water partition coefficient (Wildman–Crippen LogP) is 3.13. The van der Waals surface area contributed by atoms with E-state index in [1.54, 1.807) is 24.3 Å². The number of nitrogens with one attached hydrogen (secondary N) is 2. The van der Waals surface area contributed by atoms with Crippen molar-refractivity contribution in [1.82, 2.24) is 4.90 Å². The van der Waals surface area contributed by atoms with Crippen molar-refractivity contribution in [2.45, 2.75) is 18.9 Å². The van der Waals surface area contributed by atoms with Crippen molar-refractivity contribution in [3.8, 4) is 0 Å². The van der Waals surface area contributed by atoms with E-state index in [2.05, 4.69) is 10.6 Å². The molecule has 0 aliphatic carbocycles. The molecule has 1 atom stereocenters. The fourth-order valence-corrected chi connectivity index (χ4v) is 3.16. The lowest BCUT2D eigenvalue weighted by Gasteiger charge is -2.20. The van der Waals surface area contributed by atoms with Crippen molar-refractivity contribution < 1.29 is 18.7 Å². The molecule has 1 aliphatic heterocycles. The number of carbonyl (C=O) groups is 2. The third-order valence-electron chi connectivity index (χ3n) is 4.50. The van der Waals surface area contributed by atoms with Gasteiger partial charge in [-0.1, -0.05) is 12.1 Å². The molecule has 0 spiro atoms. The Balaban J connectivity index is 1.60. The first-order chi connectivity index (χ1) is 13.5. The van der Waals surface area contributed by atoms with Gasteiger partial charge in [0.2, 0.25) is 5.91 Å². The topological polar surface area (TPSA) is 70.7 Å². The van der Waals surface area contributed by atoms with Gasteiger partial charge in [-0.05, 0) is 56.3 Å². The standard InChI is InChI=1S/C21H24FN3O3/c1-25(13-17-5-4-12-28-17)14-20(26)24-19-7-3-2-6-18(19)21(27)23-16-10-8-15(22)9-11-16/h2-3,6-11,17H,4-5,12-14H2,1H3,(H,23,27)(H,24,26). The van der Waals surface area contributed by atoms with Gasteiger partial charge < -0.3 is 15.4 Å². The average Bonchev–Trinajstić information content (AvgIpc) is 3.16. The Hall–Kier alpha value is -2.77. The summed E-state index contributed by atoms with van der Waals surface area (Å²) in [5.41, 5.74) is 1.24. The first kappa shape index (κ1) is 20.0. The third kappa shape index (κ3) is 5.61. The molecule has 1 heterocycles. The molecule has 2 aromatic rings. The summed E-state index contributed by atoms with van der Waals surface area (Å²) in [6.07, 6.45) is 2.24. The van der Waals surface area contributed by atoms with Crippen molar-refractivity contribution in [3.63, 3.8) is 0 Å². The van der Waals surface area contributed by atoms with E-state index in [9.17, 15) is 14.0 Å². The highest BCUT2D eigenvalue weighted by molar-refractivity contribution is 6.10. The number of hydrogen-bond donors (Lipinski definition) is 2. The number of anilines is 2. The van der Waals surface area contributed by atoms with Crippen LogP contribution < -0.4 is 10.6 Å². The summed E-state index contributed by atoms with van der Waals surface area (Å²) in [6, 6.07) is 12.3. The second-order valence-electron chi connectivity index (χ2n) is 6.89. The number of benzene rings is 2. The number of para-hydroxylation sites is 1. The first-order valence-corrected chi connectivity index (χ1v) is 9.27. The number of carbonyl (C=O) groups excluding carboxylic acids is 2. The Morgan fingerprint density at radius 1 is 1.14 bits per heavy atom. The number of nitrogens with zero attached hydrogens (tertiary/aromatic N) is 1. The number of amides is 2. The van der Waals surface area contributed by atoms with Crippen LogP contribution in [0.15, 0.2) is 48.5 Å². The number of hydrogen-bond acceptors (Lipinski definition) is 4. The maximum absolute atomic E-state index is 13.0. The summed E-state index contributed by atoms with van der Waals surface area (Å²) in [6.45, 7) is 1.68. The minimum Gasteiger partial charge on any atom is -0.377 e. The van der Waals surface area contributed by atoms with E-state index < -0.39 is 0 Å². The molecule has 1 saturated heterocycles. The molecule has 1 unspecified atom stereocenters. The molecule has 0 aromatic heterocycles. The SMILES string of the molecule is CN(CC(=O)Nc1ccccc1C(=O)Nc1ccc(F)cc1)CC1CCCO1. The lowest BCUT2D eigenvalue weighted by atomic mass is 10.1. The van der Waals surface area contributed by atoms with Gasteiger partial charge >= 0.3 is 0 Å². The van der Waals surface area contributed by atoms with Gasteiger partial charge in [-0.25, -0.2) is 4.39 Å². The molecule has 0 radical (unpaired) electrons. The predicted molar refractivity (Wildman–Crippen MR) is 106 cm³/mol. The zero-order chi connectivity index (χ0) is 19.9. The molecule has 2 N–H and O–H groups in total. The summed E-state index contributed by atoms with van der Waals surface area (Å²) in [5, 5.41) is 5.50. The van der Waals surface area contributed by atoms with Gasteiger partial charge in [0.15, 0.2) is 0 Å². The molecular formula is C21H24FN3O3. The van der Waals surface area contributed by atoms with Crippen LogP contribution in [0.1, 0.15) is 23.2 Å². The molecule has 0 bridgehead atoms. The summed E-state index contributed by atoms with van der Waals surface area (Å²) < 4.78 is 18.6. The van der Waals surface area contributed by atoms with Gasteiger partial charge in [-0.3, -0.25) is 14.5 Å². The van der Waals surface area contributed by atoms with Crippen LogP contribution >= 0.6 is 0 Å². The molecule has 148 valence electrons. The molecule has 6 nitrogen and oxygen atoms in total. The van der Waals surface area contributed by atoms with Crippen LogP contribution in [0.25, 0.3) is 0 Å².